The maximum atomic E-state index is 12.3. The van der Waals surface area contributed by atoms with E-state index in [-0.39, 0.29) is 18.2 Å². The van der Waals surface area contributed by atoms with Gasteiger partial charge in [0, 0.05) is 18.2 Å². The van der Waals surface area contributed by atoms with E-state index in [1.54, 1.807) is 0 Å². The molecule has 0 N–H and O–H groups in total. The van der Waals surface area contributed by atoms with Crippen molar-refractivity contribution in [2.45, 2.75) is 45.8 Å². The Morgan fingerprint density at radius 1 is 0.548 bits per heavy atom. The van der Waals surface area contributed by atoms with Gasteiger partial charge in [-0.2, -0.15) is 39.5 Å². The minimum absolute atomic E-state index is 0.112. The maximum absolute atomic E-state index is 12.3. The second-order valence-corrected chi connectivity index (χ2v) is 5.49. The van der Waals surface area contributed by atoms with Gasteiger partial charge in [0.05, 0.1) is 0 Å². The van der Waals surface area contributed by atoms with Gasteiger partial charge >= 0.3 is 25.0 Å². The second-order valence-electron chi connectivity index (χ2n) is 5.49. The highest BCUT2D eigenvalue weighted by Gasteiger charge is 2.39. The van der Waals surface area contributed by atoms with E-state index in [1.807, 2.05) is 0 Å². The molecule has 31 heavy (non-hydrogen) atoms. The van der Waals surface area contributed by atoms with Crippen LogP contribution in [0.2, 0.25) is 0 Å². The van der Waals surface area contributed by atoms with E-state index in [0.717, 1.165) is 20.8 Å². The molecular formula is C16H13F9O6. The molecule has 0 saturated heterocycles. The second kappa shape index (κ2) is 10.3. The molecule has 0 fully saturated rings. The molecular weight excluding hydrogens is 459 g/mol. The average molecular weight is 472 g/mol. The Balaban J connectivity index is 5.72. The van der Waals surface area contributed by atoms with Gasteiger partial charge in [0.15, 0.2) is 0 Å². The van der Waals surface area contributed by atoms with E-state index in [2.05, 4.69) is 14.2 Å². The Kier molecular flexibility index (Phi) is 9.35. The lowest BCUT2D eigenvalue weighted by Crippen LogP contribution is -2.25. The zero-order valence-corrected chi connectivity index (χ0v) is 15.7. The molecule has 0 aromatic rings. The lowest BCUT2D eigenvalue weighted by Gasteiger charge is -2.22. The number of carbonyl (C=O) groups is 3. The molecule has 15 heteroatoms. The van der Waals surface area contributed by atoms with Crippen molar-refractivity contribution in [2.75, 3.05) is 0 Å². The fraction of sp³-hybridized carbons (Fsp3) is 0.438. The lowest BCUT2D eigenvalue weighted by molar-refractivity contribution is -0.235. The normalized spacial score (nSPS) is 14.4. The van der Waals surface area contributed by atoms with E-state index in [0.29, 0.717) is 0 Å². The van der Waals surface area contributed by atoms with Crippen molar-refractivity contribution in [1.29, 1.82) is 0 Å². The number of carbonyl (C=O) groups excluding carboxylic acids is 3. The Hall–Kier alpha value is -3.00. The van der Waals surface area contributed by atoms with Crippen molar-refractivity contribution >= 4 is 17.3 Å². The van der Waals surface area contributed by atoms with Crippen molar-refractivity contribution < 1.29 is 68.1 Å². The van der Waals surface area contributed by atoms with Gasteiger partial charge in [-0.25, -0.2) is 0 Å². The van der Waals surface area contributed by atoms with Gasteiger partial charge in [-0.1, -0.05) is 0 Å². The molecule has 0 aliphatic rings. The highest BCUT2D eigenvalue weighted by atomic mass is 19.4. The monoisotopic (exact) mass is 472 g/mol. The van der Waals surface area contributed by atoms with Gasteiger partial charge < -0.3 is 14.2 Å². The maximum Gasteiger partial charge on any atom is 0.454 e. The molecule has 0 heterocycles. The number of halogens is 9. The molecule has 176 valence electrons. The molecule has 0 radical (unpaired) electrons. The van der Waals surface area contributed by atoms with Crippen LogP contribution in [0, 0.1) is 0 Å². The molecule has 6 nitrogen and oxygen atoms in total. The Bertz CT molecular complexity index is 680. The van der Waals surface area contributed by atoms with E-state index < -0.39 is 59.6 Å². The predicted molar refractivity (Wildman–Crippen MR) is 81.5 cm³/mol. The first kappa shape index (κ1) is 28.0. The number of alkyl halides is 9. The summed E-state index contributed by atoms with van der Waals surface area (Å²) in [5, 5.41) is 0. The molecule has 0 unspecified atom stereocenters. The number of hydrogen-bond donors (Lipinski definition) is 0. The first-order valence-electron chi connectivity index (χ1n) is 7.61. The SMILES string of the molecule is C/C(=C/C(=O)C(F)(F)F)OC(O/C(C)=C/C(=O)C(F)(F)F)O/C(C)=C/C(=O)C(F)(F)F. The third-order valence-corrected chi connectivity index (χ3v) is 2.69. The van der Waals surface area contributed by atoms with Crippen LogP contribution in [-0.2, 0) is 28.6 Å². The van der Waals surface area contributed by atoms with Crippen LogP contribution in [0.3, 0.4) is 0 Å². The molecule has 0 aromatic carbocycles. The molecule has 0 bridgehead atoms. The molecule has 0 aliphatic carbocycles. The van der Waals surface area contributed by atoms with E-state index in [1.165, 1.54) is 0 Å². The number of ketones is 3. The third-order valence-electron chi connectivity index (χ3n) is 2.69. The van der Waals surface area contributed by atoms with Crippen LogP contribution in [0.1, 0.15) is 20.8 Å². The van der Waals surface area contributed by atoms with Crippen LogP contribution >= 0.6 is 0 Å². The highest BCUT2D eigenvalue weighted by molar-refractivity contribution is 5.95. The molecule has 0 atom stereocenters. The van der Waals surface area contributed by atoms with Crippen molar-refractivity contribution in [3.05, 3.63) is 35.5 Å². The zero-order valence-electron chi connectivity index (χ0n) is 15.7. The highest BCUT2D eigenvalue weighted by Crippen LogP contribution is 2.22. The van der Waals surface area contributed by atoms with Crippen LogP contribution in [0.15, 0.2) is 35.5 Å². The summed E-state index contributed by atoms with van der Waals surface area (Å²) in [5.74, 6) is -9.88. The van der Waals surface area contributed by atoms with Crippen molar-refractivity contribution in [3.63, 3.8) is 0 Å². The molecule has 0 amide bonds. The van der Waals surface area contributed by atoms with Crippen LogP contribution < -0.4 is 0 Å². The van der Waals surface area contributed by atoms with Crippen LogP contribution in [0.4, 0.5) is 39.5 Å². The van der Waals surface area contributed by atoms with Crippen LogP contribution in [0.25, 0.3) is 0 Å². The van der Waals surface area contributed by atoms with Gasteiger partial charge in [-0.05, 0) is 20.8 Å². The van der Waals surface area contributed by atoms with E-state index in [4.69, 9.17) is 0 Å². The van der Waals surface area contributed by atoms with Crippen LogP contribution in [-0.4, -0.2) is 42.4 Å². The van der Waals surface area contributed by atoms with Gasteiger partial charge in [-0.15, -0.1) is 0 Å². The summed E-state index contributed by atoms with van der Waals surface area (Å²) in [6.45, 7) is -0.123. The Morgan fingerprint density at radius 3 is 0.903 bits per heavy atom. The lowest BCUT2D eigenvalue weighted by atomic mass is 10.3. The molecule has 0 aromatic heterocycles. The van der Waals surface area contributed by atoms with E-state index in [9.17, 15) is 53.9 Å². The first-order valence-corrected chi connectivity index (χ1v) is 7.61. The fourth-order valence-electron chi connectivity index (χ4n) is 1.43. The predicted octanol–water partition coefficient (Wildman–Crippen LogP) is 4.43. The van der Waals surface area contributed by atoms with Gasteiger partial charge in [0.25, 0.3) is 17.3 Å². The largest absolute Gasteiger partial charge is 0.454 e. The van der Waals surface area contributed by atoms with Gasteiger partial charge in [0.2, 0.25) is 0 Å². The quantitative estimate of drug-likeness (QED) is 0.214. The summed E-state index contributed by atoms with van der Waals surface area (Å²) in [6, 6.07) is 0. The Morgan fingerprint density at radius 2 is 0.742 bits per heavy atom. The first-order chi connectivity index (χ1) is 13.7. The summed E-state index contributed by atoms with van der Waals surface area (Å²) in [4.78, 5) is 32.7. The average Bonchev–Trinajstić information content (AvgIpc) is 2.51. The van der Waals surface area contributed by atoms with E-state index >= 15 is 0 Å². The summed E-state index contributed by atoms with van der Waals surface area (Å²) in [6.07, 6.45) is -16.3. The molecule has 0 rings (SSSR count). The number of allylic oxidation sites excluding steroid dienone is 6. The number of rotatable bonds is 9. The fourth-order valence-corrected chi connectivity index (χ4v) is 1.43. The standard InChI is InChI=1S/C16H13F9O6/c1-7(4-10(26)14(17,18)19)29-13(30-8(2)5-11(27)15(20,21)22)31-9(3)6-12(28)16(23,24)25/h4-6,13H,1-3H3/b7-4-,8-5+,9-6+. The topological polar surface area (TPSA) is 78.9 Å². The zero-order chi connectivity index (χ0) is 24.8. The van der Waals surface area contributed by atoms with Gasteiger partial charge in [0.1, 0.15) is 17.3 Å². The summed E-state index contributed by atoms with van der Waals surface area (Å²) in [5.41, 5.74) is 0. The minimum Gasteiger partial charge on any atom is -0.428 e. The van der Waals surface area contributed by atoms with Crippen molar-refractivity contribution in [3.8, 4) is 0 Å². The van der Waals surface area contributed by atoms with Crippen molar-refractivity contribution in [1.82, 2.24) is 0 Å². The van der Waals surface area contributed by atoms with Crippen LogP contribution in [0.5, 0.6) is 0 Å². The third kappa shape index (κ3) is 11.1. The van der Waals surface area contributed by atoms with Gasteiger partial charge in [-0.3, -0.25) is 14.4 Å². The Labute approximate surface area is 167 Å². The molecule has 0 spiro atoms. The van der Waals surface area contributed by atoms with Crippen molar-refractivity contribution in [2.24, 2.45) is 0 Å². The minimum atomic E-state index is -5.31. The summed E-state index contributed by atoms with van der Waals surface area (Å²) in [7, 11) is 0. The number of ether oxygens (including phenoxy) is 3. The summed E-state index contributed by atoms with van der Waals surface area (Å²) < 4.78 is 124. The number of hydrogen-bond acceptors (Lipinski definition) is 6. The summed E-state index contributed by atoms with van der Waals surface area (Å²) >= 11 is 0. The molecule has 0 aliphatic heterocycles. The molecule has 0 saturated carbocycles. The smallest absolute Gasteiger partial charge is 0.428 e.